The minimum Gasteiger partial charge on any atom is -0.399 e. The summed E-state index contributed by atoms with van der Waals surface area (Å²) in [6.07, 6.45) is 7.66. The van der Waals surface area contributed by atoms with Gasteiger partial charge in [0.15, 0.2) is 0 Å². The number of fused-ring (bicyclic) bond motifs is 1. The highest BCUT2D eigenvalue weighted by molar-refractivity contribution is 5.74. The van der Waals surface area contributed by atoms with Gasteiger partial charge in [0.1, 0.15) is 0 Å². The molecule has 0 aromatic heterocycles. The van der Waals surface area contributed by atoms with Gasteiger partial charge in [-0.2, -0.15) is 0 Å². The van der Waals surface area contributed by atoms with Gasteiger partial charge < -0.3 is 5.73 Å². The monoisotopic (exact) mass is 185 g/mol. The van der Waals surface area contributed by atoms with Crippen LogP contribution in [-0.4, -0.2) is 0 Å². The number of hydrogen-bond acceptors (Lipinski definition) is 1. The second-order valence-electron chi connectivity index (χ2n) is 4.45. The van der Waals surface area contributed by atoms with Crippen LogP contribution >= 0.6 is 0 Å². The van der Waals surface area contributed by atoms with E-state index in [0.29, 0.717) is 0 Å². The van der Waals surface area contributed by atoms with Crippen LogP contribution in [0.2, 0.25) is 0 Å². The molecule has 1 heteroatoms. The lowest BCUT2D eigenvalue weighted by molar-refractivity contribution is 1.06. The Kier molecular flexibility index (Phi) is 1.66. The average Bonchev–Trinajstić information content (AvgIpc) is 2.89. The van der Waals surface area contributed by atoms with Crippen molar-refractivity contribution in [1.29, 1.82) is 0 Å². The summed E-state index contributed by atoms with van der Waals surface area (Å²) < 4.78 is 0. The van der Waals surface area contributed by atoms with Crippen molar-refractivity contribution < 1.29 is 0 Å². The molecule has 1 saturated carbocycles. The number of anilines is 1. The van der Waals surface area contributed by atoms with Crippen LogP contribution < -0.4 is 5.73 Å². The summed E-state index contributed by atoms with van der Waals surface area (Å²) in [5.41, 5.74) is 11.1. The maximum Gasteiger partial charge on any atom is 0.0317 e. The first-order valence-electron chi connectivity index (χ1n) is 5.42. The first kappa shape index (κ1) is 8.10. The molecular formula is C13H15N. The largest absolute Gasteiger partial charge is 0.399 e. The third-order valence-electron chi connectivity index (χ3n) is 3.20. The molecule has 1 fully saturated rings. The van der Waals surface area contributed by atoms with E-state index in [0.717, 1.165) is 11.6 Å². The highest BCUT2D eigenvalue weighted by Gasteiger charge is 2.22. The van der Waals surface area contributed by atoms with E-state index >= 15 is 0 Å². The molecule has 1 nitrogen and oxygen atoms in total. The van der Waals surface area contributed by atoms with Crippen LogP contribution in [0, 0.1) is 5.92 Å². The molecule has 1 aromatic rings. The number of nitrogens with two attached hydrogens (primary N) is 1. The highest BCUT2D eigenvalue weighted by Crippen LogP contribution is 2.39. The zero-order valence-corrected chi connectivity index (χ0v) is 8.29. The number of hydrogen-bond donors (Lipinski definition) is 1. The molecule has 0 amide bonds. The molecule has 0 atom stereocenters. The van der Waals surface area contributed by atoms with E-state index in [1.54, 1.807) is 5.57 Å². The van der Waals surface area contributed by atoms with Gasteiger partial charge in [0.2, 0.25) is 0 Å². The number of rotatable bonds is 1. The standard InChI is InChI=1S/C13H15N/c14-12-5-6-13-10(7-9-1-2-9)3-4-11(13)8-12/h5-9H,1-4,14H2. The van der Waals surface area contributed by atoms with Gasteiger partial charge in [-0.25, -0.2) is 0 Å². The lowest BCUT2D eigenvalue weighted by atomic mass is 10.1. The molecule has 0 saturated heterocycles. The second kappa shape index (κ2) is 2.88. The Bertz CT molecular complexity index is 400. The smallest absolute Gasteiger partial charge is 0.0317 e. The molecule has 0 heterocycles. The number of benzene rings is 1. The van der Waals surface area contributed by atoms with Crippen LogP contribution in [0.1, 0.15) is 30.4 Å². The summed E-state index contributed by atoms with van der Waals surface area (Å²) in [6, 6.07) is 6.33. The maximum atomic E-state index is 5.77. The number of aryl methyl sites for hydroxylation is 1. The van der Waals surface area contributed by atoms with Crippen LogP contribution in [0.15, 0.2) is 24.3 Å². The maximum absolute atomic E-state index is 5.77. The van der Waals surface area contributed by atoms with E-state index in [-0.39, 0.29) is 0 Å². The van der Waals surface area contributed by atoms with Crippen molar-refractivity contribution in [3.05, 3.63) is 35.4 Å². The predicted octanol–water partition coefficient (Wildman–Crippen LogP) is 3.01. The van der Waals surface area contributed by atoms with Gasteiger partial charge in [-0.1, -0.05) is 12.1 Å². The molecular weight excluding hydrogens is 170 g/mol. The second-order valence-corrected chi connectivity index (χ2v) is 4.45. The van der Waals surface area contributed by atoms with E-state index in [9.17, 15) is 0 Å². The van der Waals surface area contributed by atoms with Crippen LogP contribution in [0.5, 0.6) is 0 Å². The third kappa shape index (κ3) is 1.33. The third-order valence-corrected chi connectivity index (χ3v) is 3.20. The summed E-state index contributed by atoms with van der Waals surface area (Å²) >= 11 is 0. The Labute approximate surface area is 84.6 Å². The number of allylic oxidation sites excluding steroid dienone is 2. The molecule has 72 valence electrons. The fourth-order valence-electron chi connectivity index (χ4n) is 2.26. The lowest BCUT2D eigenvalue weighted by Crippen LogP contribution is -1.87. The van der Waals surface area contributed by atoms with Crippen molar-refractivity contribution in [3.63, 3.8) is 0 Å². The first-order valence-corrected chi connectivity index (χ1v) is 5.42. The highest BCUT2D eigenvalue weighted by atomic mass is 14.5. The van der Waals surface area contributed by atoms with Crippen molar-refractivity contribution in [2.24, 2.45) is 5.92 Å². The van der Waals surface area contributed by atoms with Gasteiger partial charge in [0, 0.05) is 5.69 Å². The zero-order valence-electron chi connectivity index (χ0n) is 8.29. The first-order chi connectivity index (χ1) is 6.83. The van der Waals surface area contributed by atoms with Gasteiger partial charge in [-0.3, -0.25) is 0 Å². The van der Waals surface area contributed by atoms with Gasteiger partial charge in [0.25, 0.3) is 0 Å². The van der Waals surface area contributed by atoms with E-state index in [1.165, 1.54) is 36.8 Å². The number of nitrogen functional groups attached to an aromatic ring is 1. The predicted molar refractivity (Wildman–Crippen MR) is 59.9 cm³/mol. The molecule has 0 bridgehead atoms. The normalized spacial score (nSPS) is 22.7. The molecule has 0 unspecified atom stereocenters. The summed E-state index contributed by atoms with van der Waals surface area (Å²) in [7, 11) is 0. The molecule has 0 aliphatic heterocycles. The van der Waals surface area contributed by atoms with Crippen LogP contribution in [0.4, 0.5) is 5.69 Å². The van der Waals surface area contributed by atoms with E-state index in [4.69, 9.17) is 5.73 Å². The fraction of sp³-hybridized carbons (Fsp3) is 0.385. The minimum absolute atomic E-state index is 0.883. The Hall–Kier alpha value is -1.24. The summed E-state index contributed by atoms with van der Waals surface area (Å²) in [6.45, 7) is 0. The van der Waals surface area contributed by atoms with Gasteiger partial charge in [0.05, 0.1) is 0 Å². The van der Waals surface area contributed by atoms with E-state index < -0.39 is 0 Å². The summed E-state index contributed by atoms with van der Waals surface area (Å²) in [5.74, 6) is 0.883. The molecule has 2 N–H and O–H groups in total. The Balaban J connectivity index is 2.01. The molecule has 1 aromatic carbocycles. The van der Waals surface area contributed by atoms with Crippen molar-refractivity contribution in [3.8, 4) is 0 Å². The Morgan fingerprint density at radius 3 is 2.86 bits per heavy atom. The van der Waals surface area contributed by atoms with Crippen LogP contribution in [0.25, 0.3) is 5.57 Å². The molecule has 14 heavy (non-hydrogen) atoms. The van der Waals surface area contributed by atoms with Crippen molar-refractivity contribution in [2.45, 2.75) is 25.7 Å². The SMILES string of the molecule is Nc1ccc2c(c1)CCC2=CC1CC1. The van der Waals surface area contributed by atoms with Crippen molar-refractivity contribution >= 4 is 11.3 Å². The summed E-state index contributed by atoms with van der Waals surface area (Å²) in [5, 5.41) is 0. The van der Waals surface area contributed by atoms with Crippen molar-refractivity contribution in [2.75, 3.05) is 5.73 Å². The Morgan fingerprint density at radius 2 is 2.07 bits per heavy atom. The molecule has 0 spiro atoms. The summed E-state index contributed by atoms with van der Waals surface area (Å²) in [4.78, 5) is 0. The molecule has 3 rings (SSSR count). The zero-order chi connectivity index (χ0) is 9.54. The van der Waals surface area contributed by atoms with Gasteiger partial charge in [-0.15, -0.1) is 0 Å². The van der Waals surface area contributed by atoms with E-state index in [2.05, 4.69) is 18.2 Å². The van der Waals surface area contributed by atoms with Gasteiger partial charge in [-0.05, 0) is 60.4 Å². The Morgan fingerprint density at radius 1 is 1.21 bits per heavy atom. The molecule has 0 radical (unpaired) electrons. The van der Waals surface area contributed by atoms with Gasteiger partial charge >= 0.3 is 0 Å². The topological polar surface area (TPSA) is 26.0 Å². The van der Waals surface area contributed by atoms with E-state index in [1.807, 2.05) is 6.07 Å². The van der Waals surface area contributed by atoms with Crippen molar-refractivity contribution in [1.82, 2.24) is 0 Å². The fourth-order valence-corrected chi connectivity index (χ4v) is 2.26. The molecule has 2 aliphatic rings. The van der Waals surface area contributed by atoms with Crippen LogP contribution in [-0.2, 0) is 6.42 Å². The lowest BCUT2D eigenvalue weighted by Gasteiger charge is -2.01. The average molecular weight is 185 g/mol. The quantitative estimate of drug-likeness (QED) is 0.669. The minimum atomic E-state index is 0.883. The molecule has 2 aliphatic carbocycles. The van der Waals surface area contributed by atoms with Crippen LogP contribution in [0.3, 0.4) is 0 Å².